The van der Waals surface area contributed by atoms with Gasteiger partial charge in [0.05, 0.1) is 24.3 Å². The number of imidazole rings is 1. The molecule has 0 fully saturated rings. The Labute approximate surface area is 186 Å². The lowest BCUT2D eigenvalue weighted by molar-refractivity contribution is 0.228. The van der Waals surface area contributed by atoms with Crippen LogP contribution in [-0.4, -0.2) is 19.5 Å². The van der Waals surface area contributed by atoms with Gasteiger partial charge < -0.3 is 15.0 Å². The highest BCUT2D eigenvalue weighted by atomic mass is 16.5. The highest BCUT2D eigenvalue weighted by Crippen LogP contribution is 2.37. The molecule has 0 saturated heterocycles. The van der Waals surface area contributed by atoms with Gasteiger partial charge in [0.25, 0.3) is 0 Å². The van der Waals surface area contributed by atoms with Crippen molar-refractivity contribution in [3.8, 4) is 34.3 Å². The number of aromatic nitrogens is 4. The minimum Gasteiger partial charge on any atom is -0.482 e. The summed E-state index contributed by atoms with van der Waals surface area (Å²) >= 11 is 0. The summed E-state index contributed by atoms with van der Waals surface area (Å²) in [5.74, 6) is 0.767. The number of nitrogen functional groups attached to an aromatic ring is 1. The maximum Gasteiger partial charge on any atom is 0.166 e. The average molecular weight is 422 g/mol. The molecule has 2 N–H and O–H groups in total. The van der Waals surface area contributed by atoms with Crippen LogP contribution in [0.25, 0.3) is 22.5 Å². The van der Waals surface area contributed by atoms with E-state index in [2.05, 4.69) is 47.2 Å². The molecule has 5 rings (SSSR count). The molecule has 4 heterocycles. The van der Waals surface area contributed by atoms with Crippen molar-refractivity contribution in [3.63, 3.8) is 0 Å². The van der Waals surface area contributed by atoms with Gasteiger partial charge in [0.15, 0.2) is 17.3 Å². The number of nitriles is 1. The minimum absolute atomic E-state index is 0.292. The Kier molecular flexibility index (Phi) is 4.63. The molecule has 0 spiro atoms. The Morgan fingerprint density at radius 2 is 2.00 bits per heavy atom. The summed E-state index contributed by atoms with van der Waals surface area (Å²) in [7, 11) is 0. The van der Waals surface area contributed by atoms with E-state index < -0.39 is 0 Å². The number of anilines is 1. The molecule has 1 aromatic carbocycles. The molecule has 32 heavy (non-hydrogen) atoms. The normalized spacial score (nSPS) is 14.6. The second-order valence-corrected chi connectivity index (χ2v) is 8.10. The number of fused-ring (bicyclic) bond motifs is 7. The molecular formula is C25H22N6O. The van der Waals surface area contributed by atoms with Crippen LogP contribution in [-0.2, 0) is 6.54 Å². The van der Waals surface area contributed by atoms with E-state index >= 15 is 0 Å². The van der Waals surface area contributed by atoms with Gasteiger partial charge in [0.2, 0.25) is 0 Å². The van der Waals surface area contributed by atoms with Gasteiger partial charge in [-0.15, -0.1) is 0 Å². The van der Waals surface area contributed by atoms with E-state index in [0.717, 1.165) is 39.2 Å². The number of aryl methyl sites for hydroxylation is 2. The maximum absolute atomic E-state index is 9.67. The van der Waals surface area contributed by atoms with Crippen molar-refractivity contribution in [2.24, 2.45) is 0 Å². The van der Waals surface area contributed by atoms with E-state index in [4.69, 9.17) is 15.5 Å². The molecule has 3 aromatic heterocycles. The summed E-state index contributed by atoms with van der Waals surface area (Å²) < 4.78 is 8.27. The van der Waals surface area contributed by atoms with Crippen molar-refractivity contribution < 1.29 is 4.74 Å². The van der Waals surface area contributed by atoms with Gasteiger partial charge in [-0.3, -0.25) is 4.98 Å². The molecule has 7 heteroatoms. The smallest absolute Gasteiger partial charge is 0.166 e. The Balaban J connectivity index is 1.84. The first-order valence-electron chi connectivity index (χ1n) is 10.4. The molecule has 0 unspecified atom stereocenters. The van der Waals surface area contributed by atoms with Crippen molar-refractivity contribution >= 4 is 5.82 Å². The third-order valence-electron chi connectivity index (χ3n) is 5.76. The zero-order chi connectivity index (χ0) is 22.4. The molecular weight excluding hydrogens is 400 g/mol. The molecule has 4 aromatic rings. The summed E-state index contributed by atoms with van der Waals surface area (Å²) in [5, 5.41) is 9.67. The van der Waals surface area contributed by atoms with Gasteiger partial charge in [-0.1, -0.05) is 29.8 Å². The van der Waals surface area contributed by atoms with Crippen LogP contribution in [0.5, 0.6) is 5.75 Å². The summed E-state index contributed by atoms with van der Waals surface area (Å²) in [6, 6.07) is 14.4. The van der Waals surface area contributed by atoms with Gasteiger partial charge >= 0.3 is 0 Å². The fraction of sp³-hybridized carbons (Fsp3) is 0.200. The highest BCUT2D eigenvalue weighted by molar-refractivity contribution is 5.71. The van der Waals surface area contributed by atoms with Crippen molar-refractivity contribution in [3.05, 3.63) is 77.0 Å². The SMILES string of the molecule is Cc1ccc2c(c1)[C@@H](C)Oc1cc(cnc1N)-c1c(C#N)ncn1Cc1ccc(C)nc1-2. The second kappa shape index (κ2) is 7.50. The molecule has 1 atom stereocenters. The van der Waals surface area contributed by atoms with Crippen LogP contribution < -0.4 is 10.5 Å². The molecule has 7 nitrogen and oxygen atoms in total. The number of hydrogen-bond acceptors (Lipinski definition) is 6. The third kappa shape index (κ3) is 3.26. The van der Waals surface area contributed by atoms with E-state index in [1.807, 2.05) is 30.5 Å². The second-order valence-electron chi connectivity index (χ2n) is 8.10. The van der Waals surface area contributed by atoms with Crippen LogP contribution >= 0.6 is 0 Å². The zero-order valence-electron chi connectivity index (χ0n) is 18.1. The monoisotopic (exact) mass is 422 g/mol. The first-order valence-corrected chi connectivity index (χ1v) is 10.4. The lowest BCUT2D eigenvalue weighted by atomic mass is 9.95. The van der Waals surface area contributed by atoms with E-state index in [0.29, 0.717) is 29.5 Å². The Hall–Kier alpha value is -4.18. The topological polar surface area (TPSA) is 103 Å². The van der Waals surface area contributed by atoms with E-state index in [1.165, 1.54) is 0 Å². The number of pyridine rings is 2. The average Bonchev–Trinajstić information content (AvgIpc) is 3.18. The first-order chi connectivity index (χ1) is 15.4. The van der Waals surface area contributed by atoms with Crippen LogP contribution in [0.2, 0.25) is 0 Å². The van der Waals surface area contributed by atoms with Crippen molar-refractivity contribution in [2.45, 2.75) is 33.4 Å². The summed E-state index contributed by atoms with van der Waals surface area (Å²) in [4.78, 5) is 13.6. The largest absolute Gasteiger partial charge is 0.482 e. The predicted molar refractivity (Wildman–Crippen MR) is 122 cm³/mol. The standard InChI is InChI=1S/C25H22N6O/c1-14-4-7-19-20(8-14)16(3)32-22-9-18(11-28-25(22)27)24-21(10-26)29-13-31(24)12-17-6-5-15(2)30-23(17)19/h4-9,11,13,16H,12H2,1-3H3,(H2,27,28)/t16-/m1/s1. The summed E-state index contributed by atoms with van der Waals surface area (Å²) in [6.07, 6.45) is 3.04. The number of benzene rings is 1. The fourth-order valence-corrected chi connectivity index (χ4v) is 4.18. The number of hydrogen-bond donors (Lipinski definition) is 1. The van der Waals surface area contributed by atoms with Crippen LogP contribution in [0.15, 0.2) is 48.9 Å². The van der Waals surface area contributed by atoms with Gasteiger partial charge in [0.1, 0.15) is 12.2 Å². The number of rotatable bonds is 0. The quantitative estimate of drug-likeness (QED) is 0.445. The molecule has 0 amide bonds. The third-order valence-corrected chi connectivity index (χ3v) is 5.76. The Morgan fingerprint density at radius 3 is 2.81 bits per heavy atom. The highest BCUT2D eigenvalue weighted by Gasteiger charge is 2.23. The molecule has 1 aliphatic rings. The van der Waals surface area contributed by atoms with Crippen molar-refractivity contribution in [2.75, 3.05) is 5.73 Å². The molecule has 0 saturated carbocycles. The van der Waals surface area contributed by atoms with Crippen LogP contribution in [0.1, 0.15) is 41.1 Å². The Morgan fingerprint density at radius 1 is 1.16 bits per heavy atom. The van der Waals surface area contributed by atoms with Crippen molar-refractivity contribution in [1.29, 1.82) is 5.26 Å². The molecule has 158 valence electrons. The number of nitrogens with two attached hydrogens (primary N) is 1. The molecule has 1 aliphatic heterocycles. The fourth-order valence-electron chi connectivity index (χ4n) is 4.18. The maximum atomic E-state index is 9.67. The Bertz CT molecular complexity index is 1400. The molecule has 2 bridgehead atoms. The van der Waals surface area contributed by atoms with E-state index in [9.17, 15) is 5.26 Å². The first kappa shape index (κ1) is 19.8. The van der Waals surface area contributed by atoms with E-state index in [1.54, 1.807) is 12.5 Å². The molecule has 0 radical (unpaired) electrons. The van der Waals surface area contributed by atoms with Gasteiger partial charge in [-0.05, 0) is 38.5 Å². The van der Waals surface area contributed by atoms with Crippen LogP contribution in [0, 0.1) is 25.2 Å². The molecule has 0 aliphatic carbocycles. The zero-order valence-corrected chi connectivity index (χ0v) is 18.1. The summed E-state index contributed by atoms with van der Waals surface area (Å²) in [6.45, 7) is 6.55. The van der Waals surface area contributed by atoms with E-state index in [-0.39, 0.29) is 6.10 Å². The lowest BCUT2D eigenvalue weighted by Crippen LogP contribution is -2.11. The van der Waals surface area contributed by atoms with Gasteiger partial charge in [-0.2, -0.15) is 5.26 Å². The van der Waals surface area contributed by atoms with Crippen molar-refractivity contribution in [1.82, 2.24) is 19.5 Å². The number of ether oxygens (including phenoxy) is 1. The summed E-state index contributed by atoms with van der Waals surface area (Å²) in [5.41, 5.74) is 13.9. The van der Waals surface area contributed by atoms with Gasteiger partial charge in [-0.25, -0.2) is 9.97 Å². The lowest BCUT2D eigenvalue weighted by Gasteiger charge is -2.23. The minimum atomic E-state index is -0.292. The number of nitrogens with zero attached hydrogens (tertiary/aromatic N) is 5. The van der Waals surface area contributed by atoms with Crippen LogP contribution in [0.3, 0.4) is 0 Å². The van der Waals surface area contributed by atoms with Crippen LogP contribution in [0.4, 0.5) is 5.82 Å². The van der Waals surface area contributed by atoms with Gasteiger partial charge in [0, 0.05) is 28.6 Å². The predicted octanol–water partition coefficient (Wildman–Crippen LogP) is 4.58.